The highest BCUT2D eigenvalue weighted by Crippen LogP contribution is 2.24. The molecule has 1 heterocycles. The minimum Gasteiger partial charge on any atom is -0.387 e. The van der Waals surface area contributed by atoms with Gasteiger partial charge in [-0.05, 0) is 29.8 Å². The van der Waals surface area contributed by atoms with E-state index >= 15 is 0 Å². The standard InChI is InChI=1S/C18H17ClN2O3/c19-13-6-8-14(9-7-13)21-17(23)10-15(18(21)24)20-11-16(22)12-4-2-1-3-5-12/h1-9,15-16,20,22H,10-11H2/t15-,16-/m1/s1. The van der Waals surface area contributed by atoms with Crippen molar-refractivity contribution in [3.63, 3.8) is 0 Å². The Morgan fingerprint density at radius 3 is 2.46 bits per heavy atom. The van der Waals surface area contributed by atoms with Gasteiger partial charge in [0.1, 0.15) is 0 Å². The van der Waals surface area contributed by atoms with Gasteiger partial charge in [0.2, 0.25) is 5.91 Å². The molecule has 3 rings (SSSR count). The van der Waals surface area contributed by atoms with Gasteiger partial charge in [0.15, 0.2) is 0 Å². The van der Waals surface area contributed by atoms with Crippen LogP contribution in [0.25, 0.3) is 0 Å². The van der Waals surface area contributed by atoms with Gasteiger partial charge in [0.25, 0.3) is 5.91 Å². The van der Waals surface area contributed by atoms with Crippen molar-refractivity contribution in [2.45, 2.75) is 18.6 Å². The molecule has 0 spiro atoms. The summed E-state index contributed by atoms with van der Waals surface area (Å²) in [5.41, 5.74) is 1.26. The van der Waals surface area contributed by atoms with Crippen molar-refractivity contribution in [3.8, 4) is 0 Å². The van der Waals surface area contributed by atoms with Gasteiger partial charge in [0, 0.05) is 11.6 Å². The summed E-state index contributed by atoms with van der Waals surface area (Å²) in [4.78, 5) is 25.8. The summed E-state index contributed by atoms with van der Waals surface area (Å²) >= 11 is 5.83. The van der Waals surface area contributed by atoms with Crippen molar-refractivity contribution >= 4 is 29.1 Å². The van der Waals surface area contributed by atoms with E-state index in [-0.39, 0.29) is 24.8 Å². The van der Waals surface area contributed by atoms with Crippen LogP contribution in [0.4, 0.5) is 5.69 Å². The molecule has 1 saturated heterocycles. The lowest BCUT2D eigenvalue weighted by Gasteiger charge is -2.17. The molecule has 1 fully saturated rings. The smallest absolute Gasteiger partial charge is 0.251 e. The number of hydrogen-bond donors (Lipinski definition) is 2. The highest BCUT2D eigenvalue weighted by molar-refractivity contribution is 6.30. The Hall–Kier alpha value is -2.21. The van der Waals surface area contributed by atoms with Gasteiger partial charge in [0.05, 0.1) is 24.3 Å². The Morgan fingerprint density at radius 2 is 1.79 bits per heavy atom. The monoisotopic (exact) mass is 344 g/mol. The van der Waals surface area contributed by atoms with Gasteiger partial charge in [-0.15, -0.1) is 0 Å². The lowest BCUT2D eigenvalue weighted by atomic mass is 10.1. The summed E-state index contributed by atoms with van der Waals surface area (Å²) in [5, 5.41) is 13.7. The van der Waals surface area contributed by atoms with Gasteiger partial charge < -0.3 is 10.4 Å². The number of benzene rings is 2. The number of aliphatic hydroxyl groups excluding tert-OH is 1. The average molecular weight is 345 g/mol. The number of imide groups is 1. The summed E-state index contributed by atoms with van der Waals surface area (Å²) in [6, 6.07) is 15.1. The number of hydrogen-bond acceptors (Lipinski definition) is 4. The van der Waals surface area contributed by atoms with Crippen molar-refractivity contribution in [2.24, 2.45) is 0 Å². The van der Waals surface area contributed by atoms with Crippen LogP contribution >= 0.6 is 11.6 Å². The normalized spacial score (nSPS) is 18.9. The molecule has 0 aromatic heterocycles. The largest absolute Gasteiger partial charge is 0.387 e. The molecule has 124 valence electrons. The number of aliphatic hydroxyl groups is 1. The lowest BCUT2D eigenvalue weighted by molar-refractivity contribution is -0.121. The summed E-state index contributed by atoms with van der Waals surface area (Å²) in [6.07, 6.45) is -0.665. The van der Waals surface area contributed by atoms with E-state index in [4.69, 9.17) is 11.6 Å². The van der Waals surface area contributed by atoms with Crippen LogP contribution in [-0.2, 0) is 9.59 Å². The summed E-state index contributed by atoms with van der Waals surface area (Å²) in [6.45, 7) is 0.197. The van der Waals surface area contributed by atoms with Crippen LogP contribution < -0.4 is 10.2 Å². The van der Waals surface area contributed by atoms with Crippen molar-refractivity contribution in [3.05, 3.63) is 65.2 Å². The van der Waals surface area contributed by atoms with Crippen molar-refractivity contribution in [2.75, 3.05) is 11.4 Å². The van der Waals surface area contributed by atoms with Gasteiger partial charge in [-0.3, -0.25) is 9.59 Å². The van der Waals surface area contributed by atoms with E-state index in [1.165, 1.54) is 0 Å². The van der Waals surface area contributed by atoms with Crippen molar-refractivity contribution < 1.29 is 14.7 Å². The molecule has 1 aliphatic heterocycles. The predicted octanol–water partition coefficient (Wildman–Crippen LogP) is 2.30. The molecule has 24 heavy (non-hydrogen) atoms. The minimum absolute atomic E-state index is 0.0724. The third kappa shape index (κ3) is 3.48. The zero-order valence-electron chi connectivity index (χ0n) is 12.9. The second-order valence-corrected chi connectivity index (χ2v) is 6.07. The van der Waals surface area contributed by atoms with Crippen LogP contribution in [0.1, 0.15) is 18.1 Å². The summed E-state index contributed by atoms with van der Waals surface area (Å²) in [7, 11) is 0. The van der Waals surface area contributed by atoms with E-state index in [1.54, 1.807) is 24.3 Å². The molecule has 2 atom stereocenters. The molecule has 2 aromatic rings. The first-order valence-electron chi connectivity index (χ1n) is 7.65. The van der Waals surface area contributed by atoms with Crippen LogP contribution in [0, 0.1) is 0 Å². The zero-order valence-corrected chi connectivity index (χ0v) is 13.6. The number of nitrogens with zero attached hydrogens (tertiary/aromatic N) is 1. The van der Waals surface area contributed by atoms with Crippen LogP contribution in [-0.4, -0.2) is 29.5 Å². The summed E-state index contributed by atoms with van der Waals surface area (Å²) in [5.74, 6) is -0.586. The third-order valence-electron chi connectivity index (χ3n) is 3.97. The van der Waals surface area contributed by atoms with Crippen molar-refractivity contribution in [1.29, 1.82) is 0 Å². The molecule has 0 unspecified atom stereocenters. The Kier molecular flexibility index (Phi) is 4.94. The Bertz CT molecular complexity index is 734. The predicted molar refractivity (Wildman–Crippen MR) is 91.8 cm³/mol. The number of halogens is 1. The van der Waals surface area contributed by atoms with Gasteiger partial charge in [-0.25, -0.2) is 4.90 Å². The second-order valence-electron chi connectivity index (χ2n) is 5.64. The molecule has 2 aromatic carbocycles. The lowest BCUT2D eigenvalue weighted by Crippen LogP contribution is -2.40. The van der Waals surface area contributed by atoms with E-state index in [0.29, 0.717) is 10.7 Å². The van der Waals surface area contributed by atoms with Gasteiger partial charge in [-0.1, -0.05) is 41.9 Å². The number of carbonyl (C=O) groups is 2. The van der Waals surface area contributed by atoms with Crippen LogP contribution in [0.5, 0.6) is 0 Å². The maximum Gasteiger partial charge on any atom is 0.251 e. The molecule has 0 saturated carbocycles. The third-order valence-corrected chi connectivity index (χ3v) is 4.23. The quantitative estimate of drug-likeness (QED) is 0.817. The topological polar surface area (TPSA) is 69.6 Å². The molecule has 1 aliphatic rings. The van der Waals surface area contributed by atoms with Crippen LogP contribution in [0.2, 0.25) is 5.02 Å². The molecular formula is C18H17ClN2O3. The van der Waals surface area contributed by atoms with Crippen LogP contribution in [0.3, 0.4) is 0 Å². The first-order valence-corrected chi connectivity index (χ1v) is 8.03. The van der Waals surface area contributed by atoms with Gasteiger partial charge >= 0.3 is 0 Å². The Balaban J connectivity index is 1.65. The number of nitrogens with one attached hydrogen (secondary N) is 1. The molecule has 0 radical (unpaired) electrons. The highest BCUT2D eigenvalue weighted by Gasteiger charge is 2.39. The maximum absolute atomic E-state index is 12.5. The second kappa shape index (κ2) is 7.13. The molecule has 2 amide bonds. The fraction of sp³-hybridized carbons (Fsp3) is 0.222. The SMILES string of the molecule is O=C1C[C@@H](NC[C@@H](O)c2ccccc2)C(=O)N1c1ccc(Cl)cc1. The Morgan fingerprint density at radius 1 is 1.12 bits per heavy atom. The fourth-order valence-corrected chi connectivity index (χ4v) is 2.83. The molecule has 5 nitrogen and oxygen atoms in total. The molecular weight excluding hydrogens is 328 g/mol. The minimum atomic E-state index is -0.737. The maximum atomic E-state index is 12.5. The number of rotatable bonds is 5. The fourth-order valence-electron chi connectivity index (χ4n) is 2.70. The van der Waals surface area contributed by atoms with Crippen LogP contribution in [0.15, 0.2) is 54.6 Å². The van der Waals surface area contributed by atoms with Gasteiger partial charge in [-0.2, -0.15) is 0 Å². The van der Waals surface area contributed by atoms with E-state index in [0.717, 1.165) is 10.5 Å². The Labute approximate surface area is 144 Å². The number of amides is 2. The van der Waals surface area contributed by atoms with E-state index in [1.807, 2.05) is 30.3 Å². The van der Waals surface area contributed by atoms with Crippen molar-refractivity contribution in [1.82, 2.24) is 5.32 Å². The average Bonchev–Trinajstić information content (AvgIpc) is 2.88. The first kappa shape index (κ1) is 16.6. The molecule has 0 bridgehead atoms. The zero-order chi connectivity index (χ0) is 17.1. The van der Waals surface area contributed by atoms with E-state index < -0.39 is 12.1 Å². The first-order chi connectivity index (χ1) is 11.6. The summed E-state index contributed by atoms with van der Waals surface area (Å²) < 4.78 is 0. The molecule has 0 aliphatic carbocycles. The highest BCUT2D eigenvalue weighted by atomic mass is 35.5. The van der Waals surface area contributed by atoms with E-state index in [9.17, 15) is 14.7 Å². The number of anilines is 1. The van der Waals surface area contributed by atoms with E-state index in [2.05, 4.69) is 5.32 Å². The molecule has 6 heteroatoms. The molecule has 2 N–H and O–H groups in total. The number of carbonyl (C=O) groups excluding carboxylic acids is 2.